The summed E-state index contributed by atoms with van der Waals surface area (Å²) >= 11 is 3.41. The number of carbonyl (C=O) groups excluding carboxylic acids is 2. The first-order valence-electron chi connectivity index (χ1n) is 8.33. The number of aromatic amines is 1. The predicted octanol–water partition coefficient (Wildman–Crippen LogP) is 4.43. The van der Waals surface area contributed by atoms with Crippen LogP contribution in [0.4, 0.5) is 5.69 Å². The molecule has 0 aliphatic heterocycles. The minimum Gasteiger partial charge on any atom is -0.495 e. The van der Waals surface area contributed by atoms with E-state index in [0.717, 1.165) is 16.5 Å². The van der Waals surface area contributed by atoms with Gasteiger partial charge < -0.3 is 19.8 Å². The number of aromatic nitrogens is 1. The molecule has 2 N–H and O–H groups in total. The van der Waals surface area contributed by atoms with Crippen molar-refractivity contribution in [1.82, 2.24) is 4.98 Å². The second kappa shape index (κ2) is 7.84. The number of benzene rings is 2. The SMILES string of the molecule is COc1ccc(C)cc1NC(=O)C(C)OC(=O)c1[nH]c2ccccc2c1Br. The van der Waals surface area contributed by atoms with Crippen molar-refractivity contribution in [1.29, 1.82) is 0 Å². The molecule has 0 spiro atoms. The van der Waals surface area contributed by atoms with Gasteiger partial charge in [-0.2, -0.15) is 0 Å². The lowest BCUT2D eigenvalue weighted by Crippen LogP contribution is -2.30. The van der Waals surface area contributed by atoms with Gasteiger partial charge in [0.25, 0.3) is 5.91 Å². The second-order valence-corrected chi connectivity index (χ2v) is 6.89. The van der Waals surface area contributed by atoms with E-state index in [-0.39, 0.29) is 5.69 Å². The minimum absolute atomic E-state index is 0.268. The first kappa shape index (κ1) is 19.0. The third-order valence-corrected chi connectivity index (χ3v) is 4.94. The Bertz CT molecular complexity index is 1010. The van der Waals surface area contributed by atoms with Crippen LogP contribution in [0.2, 0.25) is 0 Å². The van der Waals surface area contributed by atoms with Crippen LogP contribution in [0.3, 0.4) is 0 Å². The number of amides is 1. The Hall–Kier alpha value is -2.80. The molecule has 0 radical (unpaired) electrons. The summed E-state index contributed by atoms with van der Waals surface area (Å²) in [5.41, 5.74) is 2.57. The molecular formula is C20H19BrN2O4. The predicted molar refractivity (Wildman–Crippen MR) is 107 cm³/mol. The first-order chi connectivity index (χ1) is 12.9. The van der Waals surface area contributed by atoms with Crippen molar-refractivity contribution in [2.45, 2.75) is 20.0 Å². The number of aryl methyl sites for hydroxylation is 1. The van der Waals surface area contributed by atoms with Gasteiger partial charge in [-0.05, 0) is 53.5 Å². The van der Waals surface area contributed by atoms with Crippen molar-refractivity contribution in [2.24, 2.45) is 0 Å². The third kappa shape index (κ3) is 3.98. The zero-order chi connectivity index (χ0) is 19.6. The Morgan fingerprint density at radius 1 is 1.19 bits per heavy atom. The van der Waals surface area contributed by atoms with Crippen LogP contribution in [0.5, 0.6) is 5.75 Å². The Balaban J connectivity index is 1.73. The lowest BCUT2D eigenvalue weighted by Gasteiger charge is -2.15. The van der Waals surface area contributed by atoms with Gasteiger partial charge >= 0.3 is 5.97 Å². The molecule has 0 fully saturated rings. The zero-order valence-corrected chi connectivity index (χ0v) is 16.7. The number of ether oxygens (including phenoxy) is 2. The van der Waals surface area contributed by atoms with Crippen LogP contribution >= 0.6 is 15.9 Å². The van der Waals surface area contributed by atoms with E-state index in [1.54, 1.807) is 12.1 Å². The monoisotopic (exact) mass is 430 g/mol. The number of nitrogens with one attached hydrogen (secondary N) is 2. The Morgan fingerprint density at radius 3 is 2.63 bits per heavy atom. The molecule has 6 nitrogen and oxygen atoms in total. The molecule has 27 heavy (non-hydrogen) atoms. The average molecular weight is 431 g/mol. The van der Waals surface area contributed by atoms with Crippen LogP contribution in [-0.2, 0) is 9.53 Å². The van der Waals surface area contributed by atoms with E-state index in [1.807, 2.05) is 37.3 Å². The fourth-order valence-electron chi connectivity index (χ4n) is 2.68. The number of fused-ring (bicyclic) bond motifs is 1. The lowest BCUT2D eigenvalue weighted by molar-refractivity contribution is -0.123. The maximum atomic E-state index is 12.5. The molecular weight excluding hydrogens is 412 g/mol. The van der Waals surface area contributed by atoms with E-state index in [2.05, 4.69) is 26.2 Å². The molecule has 1 heterocycles. The van der Waals surface area contributed by atoms with Crippen LogP contribution < -0.4 is 10.1 Å². The number of anilines is 1. The van der Waals surface area contributed by atoms with E-state index in [4.69, 9.17) is 9.47 Å². The fraction of sp³-hybridized carbons (Fsp3) is 0.200. The highest BCUT2D eigenvalue weighted by Crippen LogP contribution is 2.29. The smallest absolute Gasteiger partial charge is 0.356 e. The van der Waals surface area contributed by atoms with Gasteiger partial charge in [-0.1, -0.05) is 24.3 Å². The van der Waals surface area contributed by atoms with Gasteiger partial charge in [-0.15, -0.1) is 0 Å². The quantitative estimate of drug-likeness (QED) is 0.586. The van der Waals surface area contributed by atoms with Crippen molar-refractivity contribution in [3.63, 3.8) is 0 Å². The maximum Gasteiger partial charge on any atom is 0.356 e. The summed E-state index contributed by atoms with van der Waals surface area (Å²) in [6.07, 6.45) is -0.985. The van der Waals surface area contributed by atoms with Crippen molar-refractivity contribution in [3.05, 3.63) is 58.2 Å². The average Bonchev–Trinajstić information content (AvgIpc) is 2.99. The molecule has 0 aliphatic carbocycles. The topological polar surface area (TPSA) is 80.4 Å². The molecule has 1 unspecified atom stereocenters. The van der Waals surface area contributed by atoms with Gasteiger partial charge in [0.05, 0.1) is 17.3 Å². The van der Waals surface area contributed by atoms with Crippen LogP contribution in [0, 0.1) is 6.92 Å². The summed E-state index contributed by atoms with van der Waals surface area (Å²) in [7, 11) is 1.53. The van der Waals surface area contributed by atoms with Gasteiger partial charge in [0.15, 0.2) is 6.10 Å². The molecule has 0 saturated carbocycles. The number of hydrogen-bond donors (Lipinski definition) is 2. The van der Waals surface area contributed by atoms with Crippen molar-refractivity contribution in [2.75, 3.05) is 12.4 Å². The number of methoxy groups -OCH3 is 1. The highest BCUT2D eigenvalue weighted by molar-refractivity contribution is 9.10. The summed E-state index contributed by atoms with van der Waals surface area (Å²) in [5.74, 6) is -0.526. The van der Waals surface area contributed by atoms with Gasteiger partial charge in [-0.3, -0.25) is 4.79 Å². The number of esters is 1. The van der Waals surface area contributed by atoms with Crippen LogP contribution in [0.15, 0.2) is 46.9 Å². The van der Waals surface area contributed by atoms with Crippen molar-refractivity contribution >= 4 is 44.4 Å². The molecule has 1 amide bonds. The van der Waals surface area contributed by atoms with Crippen molar-refractivity contribution < 1.29 is 19.1 Å². The summed E-state index contributed by atoms with van der Waals surface area (Å²) < 4.78 is 11.2. The van der Waals surface area contributed by atoms with E-state index >= 15 is 0 Å². The van der Waals surface area contributed by atoms with E-state index in [9.17, 15) is 9.59 Å². The summed E-state index contributed by atoms with van der Waals surface area (Å²) in [4.78, 5) is 28.0. The number of carbonyl (C=O) groups is 2. The van der Waals surface area contributed by atoms with Crippen LogP contribution in [0.25, 0.3) is 10.9 Å². The maximum absolute atomic E-state index is 12.5. The van der Waals surface area contributed by atoms with Crippen molar-refractivity contribution in [3.8, 4) is 5.75 Å². The number of halogens is 1. The number of para-hydroxylation sites is 1. The number of H-pyrrole nitrogens is 1. The highest BCUT2D eigenvalue weighted by atomic mass is 79.9. The summed E-state index contributed by atoms with van der Waals surface area (Å²) in [6, 6.07) is 12.9. The van der Waals surface area contributed by atoms with Gasteiger partial charge in [0.2, 0.25) is 0 Å². The molecule has 3 rings (SSSR count). The molecule has 0 aliphatic rings. The molecule has 7 heteroatoms. The molecule has 3 aromatic rings. The third-order valence-electron chi connectivity index (χ3n) is 4.11. The highest BCUT2D eigenvalue weighted by Gasteiger charge is 2.23. The summed E-state index contributed by atoms with van der Waals surface area (Å²) in [5, 5.41) is 3.60. The minimum atomic E-state index is -0.985. The van der Waals surface area contributed by atoms with Gasteiger partial charge in [0, 0.05) is 10.9 Å². The Kier molecular flexibility index (Phi) is 5.51. The standard InChI is InChI=1S/C20H19BrN2O4/c1-11-8-9-16(26-3)15(10-11)23-19(24)12(2)27-20(25)18-17(21)13-6-4-5-7-14(13)22-18/h4-10,12,22H,1-3H3,(H,23,24). The van der Waals surface area contributed by atoms with Gasteiger partial charge in [0.1, 0.15) is 11.4 Å². The van der Waals surface area contributed by atoms with Crippen LogP contribution in [-0.4, -0.2) is 30.1 Å². The largest absolute Gasteiger partial charge is 0.495 e. The molecule has 2 aromatic carbocycles. The second-order valence-electron chi connectivity index (χ2n) is 6.10. The van der Waals surface area contributed by atoms with E-state index in [0.29, 0.717) is 15.9 Å². The van der Waals surface area contributed by atoms with Gasteiger partial charge in [-0.25, -0.2) is 4.79 Å². The molecule has 0 bridgehead atoms. The van der Waals surface area contributed by atoms with E-state index in [1.165, 1.54) is 14.0 Å². The molecule has 1 aromatic heterocycles. The molecule has 1 atom stereocenters. The van der Waals surface area contributed by atoms with E-state index < -0.39 is 18.0 Å². The summed E-state index contributed by atoms with van der Waals surface area (Å²) in [6.45, 7) is 3.43. The zero-order valence-electron chi connectivity index (χ0n) is 15.1. The Labute approximate surface area is 165 Å². The number of rotatable bonds is 5. The normalized spacial score (nSPS) is 11.9. The molecule has 0 saturated heterocycles. The Morgan fingerprint density at radius 2 is 1.93 bits per heavy atom. The lowest BCUT2D eigenvalue weighted by atomic mass is 10.2. The fourth-order valence-corrected chi connectivity index (χ4v) is 3.28. The molecule has 140 valence electrons. The number of hydrogen-bond acceptors (Lipinski definition) is 4. The first-order valence-corrected chi connectivity index (χ1v) is 9.12. The van der Waals surface area contributed by atoms with Crippen LogP contribution in [0.1, 0.15) is 23.0 Å².